The molecule has 2 heterocycles. The van der Waals surface area contributed by atoms with Crippen molar-refractivity contribution in [3.8, 4) is 11.1 Å². The van der Waals surface area contributed by atoms with Crippen molar-refractivity contribution in [2.75, 3.05) is 6.61 Å². The molecule has 32 heavy (non-hydrogen) atoms. The molecular formula is C22H16Cl3N3O3S. The second kappa shape index (κ2) is 9.58. The minimum atomic E-state index is -0.643. The number of ether oxygens (including phenoxy) is 1. The van der Waals surface area contributed by atoms with Crippen LogP contribution in [-0.4, -0.2) is 26.9 Å². The second-order valence-corrected chi connectivity index (χ2v) is 8.81. The van der Waals surface area contributed by atoms with Crippen molar-refractivity contribution in [2.24, 2.45) is 0 Å². The number of halogens is 3. The molecule has 0 amide bonds. The van der Waals surface area contributed by atoms with E-state index in [1.807, 2.05) is 30.3 Å². The topological polar surface area (TPSA) is 76.5 Å². The molecule has 4 aromatic rings. The predicted molar refractivity (Wildman–Crippen MR) is 128 cm³/mol. The number of carbonyl (C=O) groups excluding carboxylic acids is 1. The molecule has 0 atom stereocenters. The van der Waals surface area contributed by atoms with Gasteiger partial charge in [0.25, 0.3) is 0 Å². The van der Waals surface area contributed by atoms with Crippen molar-refractivity contribution >= 4 is 58.2 Å². The predicted octanol–water partition coefficient (Wildman–Crippen LogP) is 6.12. The van der Waals surface area contributed by atoms with Crippen molar-refractivity contribution in [1.29, 1.82) is 0 Å². The van der Waals surface area contributed by atoms with Gasteiger partial charge in [0.1, 0.15) is 10.7 Å². The fourth-order valence-corrected chi connectivity index (χ4v) is 4.67. The molecule has 0 fully saturated rings. The Bertz CT molecular complexity index is 1370. The van der Waals surface area contributed by atoms with Crippen molar-refractivity contribution in [3.05, 3.63) is 85.3 Å². The van der Waals surface area contributed by atoms with Crippen LogP contribution < -0.4 is 5.69 Å². The zero-order valence-electron chi connectivity index (χ0n) is 16.7. The maximum absolute atomic E-state index is 12.9. The zero-order valence-corrected chi connectivity index (χ0v) is 19.8. The minimum absolute atomic E-state index is 0.0230. The Morgan fingerprint density at radius 3 is 2.56 bits per heavy atom. The third-order valence-electron chi connectivity index (χ3n) is 4.62. The zero-order chi connectivity index (χ0) is 22.8. The smallest absolute Gasteiger partial charge is 0.342 e. The number of benzene rings is 2. The summed E-state index contributed by atoms with van der Waals surface area (Å²) in [6.45, 7) is 1.84. The molecule has 2 aromatic heterocycles. The van der Waals surface area contributed by atoms with Crippen molar-refractivity contribution in [2.45, 2.75) is 17.8 Å². The molecule has 0 unspecified atom stereocenters. The molecular weight excluding hydrogens is 493 g/mol. The molecule has 0 aliphatic carbocycles. The van der Waals surface area contributed by atoms with Crippen molar-refractivity contribution < 1.29 is 9.53 Å². The average Bonchev–Trinajstić information content (AvgIpc) is 3.08. The molecule has 2 aromatic carbocycles. The number of fused-ring (bicyclic) bond motifs is 1. The van der Waals surface area contributed by atoms with Crippen LogP contribution in [0.15, 0.2) is 58.5 Å². The summed E-state index contributed by atoms with van der Waals surface area (Å²) >= 11 is 20.1. The number of hydrogen-bond donors (Lipinski definition) is 1. The molecule has 1 N–H and O–H groups in total. The van der Waals surface area contributed by atoms with E-state index in [9.17, 15) is 9.59 Å². The average molecular weight is 509 g/mol. The Morgan fingerprint density at radius 2 is 1.88 bits per heavy atom. The summed E-state index contributed by atoms with van der Waals surface area (Å²) in [6.07, 6.45) is 0. The lowest BCUT2D eigenvalue weighted by atomic mass is 10.0. The van der Waals surface area contributed by atoms with Gasteiger partial charge < -0.3 is 4.74 Å². The van der Waals surface area contributed by atoms with Crippen LogP contribution in [0.5, 0.6) is 0 Å². The van der Waals surface area contributed by atoms with Gasteiger partial charge in [-0.05, 0) is 30.2 Å². The first kappa shape index (κ1) is 22.7. The summed E-state index contributed by atoms with van der Waals surface area (Å²) in [5, 5.41) is 1.01. The van der Waals surface area contributed by atoms with Gasteiger partial charge in [0, 0.05) is 11.3 Å². The number of hydrogen-bond acceptors (Lipinski definition) is 5. The van der Waals surface area contributed by atoms with Crippen molar-refractivity contribution in [3.63, 3.8) is 0 Å². The molecule has 0 bridgehead atoms. The molecule has 0 spiro atoms. The summed E-state index contributed by atoms with van der Waals surface area (Å²) < 4.78 is 6.40. The first-order valence-electron chi connectivity index (χ1n) is 9.54. The Hall–Kier alpha value is -2.45. The Labute approximate surface area is 202 Å². The molecule has 0 aliphatic rings. The molecule has 10 heteroatoms. The fourth-order valence-electron chi connectivity index (χ4n) is 3.20. The Kier molecular flexibility index (Phi) is 6.81. The number of thioether (sulfide) groups is 1. The quantitative estimate of drug-likeness (QED) is 0.251. The molecule has 0 radical (unpaired) electrons. The SMILES string of the molecule is CCOC(=O)c1c(-c2ccc(Cl)c(Cl)c2)c(Cl)n2c(=O)[nH]c(SCc3ccccc3)nc12. The minimum Gasteiger partial charge on any atom is -0.462 e. The number of carbonyl (C=O) groups is 1. The van der Waals surface area contributed by atoms with Crippen LogP contribution in [-0.2, 0) is 10.5 Å². The summed E-state index contributed by atoms with van der Waals surface area (Å²) in [5.74, 6) is -0.0573. The third kappa shape index (κ3) is 4.38. The number of aromatic amines is 1. The van der Waals surface area contributed by atoms with Crippen LogP contribution in [0, 0.1) is 0 Å². The first-order valence-corrected chi connectivity index (χ1v) is 11.7. The number of nitrogens with zero attached hydrogens (tertiary/aromatic N) is 2. The number of H-pyrrole nitrogens is 1. The molecule has 0 aliphatic heterocycles. The summed E-state index contributed by atoms with van der Waals surface area (Å²) in [7, 11) is 0. The van der Waals surface area contributed by atoms with Gasteiger partial charge in [0.15, 0.2) is 10.8 Å². The Morgan fingerprint density at radius 1 is 1.12 bits per heavy atom. The molecule has 4 rings (SSSR count). The maximum Gasteiger partial charge on any atom is 0.342 e. The van der Waals surface area contributed by atoms with E-state index >= 15 is 0 Å². The number of nitrogens with one attached hydrogen (secondary N) is 1. The molecule has 164 valence electrons. The van der Waals surface area contributed by atoms with Gasteiger partial charge in [-0.1, -0.05) is 83.0 Å². The molecule has 0 saturated heterocycles. The summed E-state index contributed by atoms with van der Waals surface area (Å²) in [5.41, 5.74) is 1.54. The third-order valence-corrected chi connectivity index (χ3v) is 6.66. The number of rotatable bonds is 6. The largest absolute Gasteiger partial charge is 0.462 e. The van der Waals surface area contributed by atoms with E-state index in [2.05, 4.69) is 9.97 Å². The van der Waals surface area contributed by atoms with Gasteiger partial charge in [-0.15, -0.1) is 0 Å². The van der Waals surface area contributed by atoms with Crippen LogP contribution in [0.25, 0.3) is 16.8 Å². The maximum atomic E-state index is 12.9. The van der Waals surface area contributed by atoms with E-state index in [0.717, 1.165) is 9.96 Å². The number of esters is 1. The van der Waals surface area contributed by atoms with Crippen LogP contribution in [0.3, 0.4) is 0 Å². The monoisotopic (exact) mass is 507 g/mol. The highest BCUT2D eigenvalue weighted by Gasteiger charge is 2.28. The van der Waals surface area contributed by atoms with Gasteiger partial charge in [0.05, 0.1) is 16.7 Å². The molecule has 0 saturated carbocycles. The summed E-state index contributed by atoms with van der Waals surface area (Å²) in [4.78, 5) is 33.1. The van der Waals surface area contributed by atoms with E-state index in [1.165, 1.54) is 11.8 Å². The number of aromatic nitrogens is 3. The highest BCUT2D eigenvalue weighted by Crippen LogP contribution is 2.38. The van der Waals surface area contributed by atoms with Crippen LogP contribution in [0.4, 0.5) is 0 Å². The van der Waals surface area contributed by atoms with Gasteiger partial charge in [-0.25, -0.2) is 19.0 Å². The lowest BCUT2D eigenvalue weighted by molar-refractivity contribution is 0.0529. The van der Waals surface area contributed by atoms with E-state index in [-0.39, 0.29) is 28.0 Å². The van der Waals surface area contributed by atoms with Gasteiger partial charge >= 0.3 is 11.7 Å². The van der Waals surface area contributed by atoms with Crippen molar-refractivity contribution in [1.82, 2.24) is 14.4 Å². The van der Waals surface area contributed by atoms with E-state index in [0.29, 0.717) is 27.1 Å². The van der Waals surface area contributed by atoms with Gasteiger partial charge in [-0.3, -0.25) is 4.98 Å². The highest BCUT2D eigenvalue weighted by atomic mass is 35.5. The van der Waals surface area contributed by atoms with Crippen LogP contribution in [0.1, 0.15) is 22.8 Å². The normalized spacial score (nSPS) is 11.1. The standard InChI is InChI=1S/C22H16Cl3N3O3S/c1-2-31-20(29)17-16(13-8-9-14(23)15(24)10-13)18(25)28-19(17)26-21(27-22(28)30)32-11-12-6-4-3-5-7-12/h3-10H,2,11H2,1H3,(H,26,27,30). The Balaban J connectivity index is 1.89. The van der Waals surface area contributed by atoms with E-state index < -0.39 is 11.7 Å². The highest BCUT2D eigenvalue weighted by molar-refractivity contribution is 7.98. The van der Waals surface area contributed by atoms with Crippen LogP contribution in [0.2, 0.25) is 15.2 Å². The van der Waals surface area contributed by atoms with E-state index in [4.69, 9.17) is 39.5 Å². The van der Waals surface area contributed by atoms with Crippen LogP contribution >= 0.6 is 46.6 Å². The van der Waals surface area contributed by atoms with E-state index in [1.54, 1.807) is 25.1 Å². The fraction of sp³-hybridized carbons (Fsp3) is 0.136. The lowest BCUT2D eigenvalue weighted by Gasteiger charge is -2.06. The molecule has 6 nitrogen and oxygen atoms in total. The van der Waals surface area contributed by atoms with Gasteiger partial charge in [0.2, 0.25) is 0 Å². The lowest BCUT2D eigenvalue weighted by Crippen LogP contribution is -2.19. The second-order valence-electron chi connectivity index (χ2n) is 6.67. The first-order chi connectivity index (χ1) is 15.4. The summed E-state index contributed by atoms with van der Waals surface area (Å²) in [6, 6.07) is 14.6. The van der Waals surface area contributed by atoms with Gasteiger partial charge in [-0.2, -0.15) is 0 Å².